The number of hydrogen-bond acceptors (Lipinski definition) is 5. The molecule has 3 aromatic rings. The average Bonchev–Trinajstić information content (AvgIpc) is 3.15. The van der Waals surface area contributed by atoms with Gasteiger partial charge >= 0.3 is 6.18 Å². The Kier molecular flexibility index (Phi) is 6.66. The summed E-state index contributed by atoms with van der Waals surface area (Å²) in [5.41, 5.74) is -0.0428. The Balaban J connectivity index is 1.71. The number of amides is 1. The zero-order valence-electron chi connectivity index (χ0n) is 16.2. The highest BCUT2D eigenvalue weighted by molar-refractivity contribution is 7.99. The van der Waals surface area contributed by atoms with Crippen LogP contribution >= 0.6 is 11.8 Å². The van der Waals surface area contributed by atoms with Crippen molar-refractivity contribution in [3.8, 4) is 5.75 Å². The zero-order valence-corrected chi connectivity index (χ0v) is 17.0. The minimum Gasteiger partial charge on any atom is -0.497 e. The molecule has 1 aromatic carbocycles. The molecule has 0 aliphatic heterocycles. The summed E-state index contributed by atoms with van der Waals surface area (Å²) in [6.45, 7) is 0. The molecule has 0 aliphatic rings. The van der Waals surface area contributed by atoms with Gasteiger partial charge in [0.1, 0.15) is 17.6 Å². The van der Waals surface area contributed by atoms with Crippen molar-refractivity contribution in [1.29, 1.82) is 0 Å². The number of nitrogens with one attached hydrogen (secondary N) is 1. The summed E-state index contributed by atoms with van der Waals surface area (Å²) < 4.78 is 45.0. The first kappa shape index (κ1) is 21.7. The molecule has 0 aliphatic carbocycles. The first-order valence-corrected chi connectivity index (χ1v) is 9.83. The Morgan fingerprint density at radius 3 is 2.67 bits per heavy atom. The number of benzene rings is 1. The molecule has 1 unspecified atom stereocenters. The number of aromatic nitrogens is 3. The van der Waals surface area contributed by atoms with Gasteiger partial charge in [-0.05, 0) is 29.8 Å². The molecular formula is C20H19F3N4O2S. The van der Waals surface area contributed by atoms with Gasteiger partial charge in [0, 0.05) is 25.6 Å². The van der Waals surface area contributed by atoms with Crippen LogP contribution in [0.1, 0.15) is 23.0 Å². The molecule has 30 heavy (non-hydrogen) atoms. The molecule has 2 aromatic heterocycles. The van der Waals surface area contributed by atoms with Crippen molar-refractivity contribution in [2.75, 3.05) is 12.9 Å². The minimum atomic E-state index is -4.44. The van der Waals surface area contributed by atoms with Gasteiger partial charge in [-0.25, -0.2) is 9.97 Å². The second-order valence-corrected chi connectivity index (χ2v) is 7.34. The quantitative estimate of drug-likeness (QED) is 0.570. The minimum absolute atomic E-state index is 0.0107. The lowest BCUT2D eigenvalue weighted by Crippen LogP contribution is -2.32. The van der Waals surface area contributed by atoms with Crippen LogP contribution in [0.25, 0.3) is 0 Å². The lowest BCUT2D eigenvalue weighted by molar-refractivity contribution is -0.137. The molecule has 3 rings (SSSR count). The van der Waals surface area contributed by atoms with Gasteiger partial charge in [-0.2, -0.15) is 13.2 Å². The molecule has 10 heteroatoms. The molecule has 2 heterocycles. The second-order valence-electron chi connectivity index (χ2n) is 6.35. The van der Waals surface area contributed by atoms with Crippen molar-refractivity contribution in [3.63, 3.8) is 0 Å². The van der Waals surface area contributed by atoms with Crippen molar-refractivity contribution in [2.24, 2.45) is 7.05 Å². The van der Waals surface area contributed by atoms with E-state index in [1.807, 2.05) is 25.2 Å². The van der Waals surface area contributed by atoms with Crippen molar-refractivity contribution in [1.82, 2.24) is 19.9 Å². The van der Waals surface area contributed by atoms with Crippen molar-refractivity contribution in [3.05, 3.63) is 71.9 Å². The van der Waals surface area contributed by atoms with Gasteiger partial charge in [-0.1, -0.05) is 23.9 Å². The van der Waals surface area contributed by atoms with Gasteiger partial charge in [0.15, 0.2) is 0 Å². The third kappa shape index (κ3) is 5.32. The fraction of sp³-hybridized carbons (Fsp3) is 0.250. The molecule has 1 atom stereocenters. The molecule has 0 fully saturated rings. The number of hydrogen-bond donors (Lipinski definition) is 1. The molecule has 6 nitrogen and oxygen atoms in total. The topological polar surface area (TPSA) is 69.0 Å². The molecule has 0 bridgehead atoms. The van der Waals surface area contributed by atoms with E-state index < -0.39 is 17.8 Å². The van der Waals surface area contributed by atoms with E-state index in [1.165, 1.54) is 6.07 Å². The maximum Gasteiger partial charge on any atom is 0.417 e. The largest absolute Gasteiger partial charge is 0.497 e. The van der Waals surface area contributed by atoms with Crippen LogP contribution < -0.4 is 10.1 Å². The summed E-state index contributed by atoms with van der Waals surface area (Å²) in [4.78, 5) is 20.7. The van der Waals surface area contributed by atoms with Crippen LogP contribution in [0.3, 0.4) is 0 Å². The van der Waals surface area contributed by atoms with Crippen molar-refractivity contribution in [2.45, 2.75) is 17.2 Å². The Morgan fingerprint density at radius 1 is 1.27 bits per heavy atom. The van der Waals surface area contributed by atoms with E-state index in [0.29, 0.717) is 16.6 Å². The summed E-state index contributed by atoms with van der Waals surface area (Å²) in [5.74, 6) is 0.958. The Hall–Kier alpha value is -3.01. The first-order valence-electron chi connectivity index (χ1n) is 8.84. The summed E-state index contributed by atoms with van der Waals surface area (Å²) in [7, 11) is 3.38. The monoisotopic (exact) mass is 436 g/mol. The van der Waals surface area contributed by atoms with Crippen LogP contribution in [-0.2, 0) is 18.0 Å². The molecule has 158 valence electrons. The van der Waals surface area contributed by atoms with E-state index in [1.54, 1.807) is 30.1 Å². The van der Waals surface area contributed by atoms with E-state index in [-0.39, 0.29) is 11.7 Å². The molecule has 0 radical (unpaired) electrons. The summed E-state index contributed by atoms with van der Waals surface area (Å²) in [6, 6.07) is 8.95. The fourth-order valence-electron chi connectivity index (χ4n) is 2.75. The van der Waals surface area contributed by atoms with Gasteiger partial charge in [0.25, 0.3) is 0 Å². The van der Waals surface area contributed by atoms with Crippen LogP contribution in [0.15, 0.2) is 60.0 Å². The van der Waals surface area contributed by atoms with E-state index >= 15 is 0 Å². The van der Waals surface area contributed by atoms with Gasteiger partial charge in [-0.3, -0.25) is 4.79 Å². The zero-order chi connectivity index (χ0) is 21.7. The van der Waals surface area contributed by atoms with E-state index in [2.05, 4.69) is 15.3 Å². The molecule has 0 saturated heterocycles. The number of thioether (sulfide) groups is 1. The Labute approximate surface area is 175 Å². The highest BCUT2D eigenvalue weighted by Gasteiger charge is 2.30. The Morgan fingerprint density at radius 2 is 2.07 bits per heavy atom. The van der Waals surface area contributed by atoms with Gasteiger partial charge in [0.05, 0.1) is 23.5 Å². The lowest BCUT2D eigenvalue weighted by Gasteiger charge is -2.19. The van der Waals surface area contributed by atoms with E-state index in [4.69, 9.17) is 4.74 Å². The predicted octanol–water partition coefficient (Wildman–Crippen LogP) is 3.84. The maximum absolute atomic E-state index is 12.6. The van der Waals surface area contributed by atoms with E-state index in [0.717, 1.165) is 29.6 Å². The van der Waals surface area contributed by atoms with Crippen LogP contribution in [-0.4, -0.2) is 33.3 Å². The summed E-state index contributed by atoms with van der Waals surface area (Å²) in [5, 5.41) is 3.25. The number of halogens is 3. The van der Waals surface area contributed by atoms with Crippen LogP contribution in [0.4, 0.5) is 13.2 Å². The SMILES string of the molecule is COc1cccc(C(NC(=O)CSc2ccc(C(F)(F)F)cn2)c2nccn2C)c1. The van der Waals surface area contributed by atoms with Crippen LogP contribution in [0.5, 0.6) is 5.75 Å². The van der Waals surface area contributed by atoms with Crippen molar-refractivity contribution < 1.29 is 22.7 Å². The van der Waals surface area contributed by atoms with Gasteiger partial charge in [-0.15, -0.1) is 0 Å². The number of nitrogens with zero attached hydrogens (tertiary/aromatic N) is 3. The Bertz CT molecular complexity index is 1010. The standard InChI is InChI=1S/C20H19F3N4O2S/c1-27-9-8-24-19(27)18(13-4-3-5-15(10-13)29-2)26-16(28)12-30-17-7-6-14(11-25-17)20(21,22)23/h3-11,18H,12H2,1-2H3,(H,26,28). The molecule has 1 N–H and O–H groups in total. The second kappa shape index (κ2) is 9.21. The number of imidazole rings is 1. The third-order valence-corrected chi connectivity index (χ3v) is 5.21. The number of ether oxygens (including phenoxy) is 1. The molecule has 0 spiro atoms. The molecule has 1 amide bonds. The van der Waals surface area contributed by atoms with Crippen molar-refractivity contribution >= 4 is 17.7 Å². The number of methoxy groups -OCH3 is 1. The predicted molar refractivity (Wildman–Crippen MR) is 106 cm³/mol. The van der Waals surface area contributed by atoms with Gasteiger partial charge in [0.2, 0.25) is 5.91 Å². The highest BCUT2D eigenvalue weighted by Crippen LogP contribution is 2.29. The average molecular weight is 436 g/mol. The first-order chi connectivity index (χ1) is 14.3. The smallest absolute Gasteiger partial charge is 0.417 e. The third-order valence-electron chi connectivity index (χ3n) is 4.26. The fourth-order valence-corrected chi connectivity index (χ4v) is 3.40. The molecule has 0 saturated carbocycles. The number of rotatable bonds is 7. The maximum atomic E-state index is 12.6. The number of aryl methyl sites for hydroxylation is 1. The number of carbonyl (C=O) groups is 1. The van der Waals surface area contributed by atoms with E-state index in [9.17, 15) is 18.0 Å². The normalized spacial score (nSPS) is 12.4. The van der Waals surface area contributed by atoms with Crippen LogP contribution in [0, 0.1) is 0 Å². The lowest BCUT2D eigenvalue weighted by atomic mass is 10.1. The van der Waals surface area contributed by atoms with Crippen LogP contribution in [0.2, 0.25) is 0 Å². The van der Waals surface area contributed by atoms with Gasteiger partial charge < -0.3 is 14.6 Å². The summed E-state index contributed by atoms with van der Waals surface area (Å²) >= 11 is 1.05. The molecular weight excluding hydrogens is 417 g/mol. The number of alkyl halides is 3. The number of carbonyl (C=O) groups excluding carboxylic acids is 1. The summed E-state index contributed by atoms with van der Waals surface area (Å²) in [6.07, 6.45) is -0.280. The highest BCUT2D eigenvalue weighted by atomic mass is 32.2. The number of pyridine rings is 1.